The van der Waals surface area contributed by atoms with Gasteiger partial charge in [-0.05, 0) is 24.0 Å². The fourth-order valence-corrected chi connectivity index (χ4v) is 1.37. The molecule has 0 heterocycles. The Labute approximate surface area is 74.9 Å². The predicted molar refractivity (Wildman–Crippen MR) is 55.1 cm³/mol. The minimum absolute atomic E-state index is 1.21. The monoisotopic (exact) mass is 160 g/mol. The van der Waals surface area contributed by atoms with Crippen LogP contribution in [0.15, 0.2) is 30.3 Å². The minimum Gasteiger partial charge on any atom is -0.0836 e. The van der Waals surface area contributed by atoms with Gasteiger partial charge in [-0.3, -0.25) is 0 Å². The largest absolute Gasteiger partial charge is 0.0836 e. The Morgan fingerprint density at radius 3 is 2.58 bits per heavy atom. The summed E-state index contributed by atoms with van der Waals surface area (Å²) in [6.07, 6.45) is 6.87. The van der Waals surface area contributed by atoms with Gasteiger partial charge in [0.25, 0.3) is 0 Å². The number of aryl methyl sites for hydroxylation is 1. The molecule has 0 saturated heterocycles. The molecule has 0 unspecified atom stereocenters. The van der Waals surface area contributed by atoms with Crippen LogP contribution in [-0.4, -0.2) is 0 Å². The molecule has 0 amide bonds. The smallest absolute Gasteiger partial charge is 0.0228 e. The van der Waals surface area contributed by atoms with Gasteiger partial charge < -0.3 is 0 Å². The summed E-state index contributed by atoms with van der Waals surface area (Å²) in [5.74, 6) is 0. The molecule has 0 spiro atoms. The Morgan fingerprint density at radius 1 is 1.08 bits per heavy atom. The van der Waals surface area contributed by atoms with Crippen molar-refractivity contribution in [1.82, 2.24) is 0 Å². The normalized spacial score (nSPS) is 12.8. The topological polar surface area (TPSA) is 0 Å². The molecular weight excluding hydrogens is 144 g/mol. The zero-order chi connectivity index (χ0) is 8.81. The number of benzene rings is 1. The molecule has 0 heteroatoms. The lowest BCUT2D eigenvalue weighted by molar-refractivity contribution is 0.986. The van der Waals surface area contributed by atoms with Crippen LogP contribution < -0.4 is 0 Å². The van der Waals surface area contributed by atoms with E-state index in [0.717, 1.165) is 0 Å². The van der Waals surface area contributed by atoms with Crippen molar-refractivity contribution >= 4 is 6.08 Å². The maximum absolute atomic E-state index is 2.24. The zero-order valence-corrected chi connectivity index (χ0v) is 7.88. The summed E-state index contributed by atoms with van der Waals surface area (Å²) in [5, 5.41) is 0. The van der Waals surface area contributed by atoms with Crippen LogP contribution in [0.2, 0.25) is 0 Å². The lowest BCUT2D eigenvalue weighted by atomic mass is 9.98. The van der Waals surface area contributed by atoms with Crippen LogP contribution in [0.25, 0.3) is 6.08 Å². The maximum atomic E-state index is 2.24. The second-order valence-electron chi connectivity index (χ2n) is 2.64. The zero-order valence-electron chi connectivity index (χ0n) is 7.88. The first kappa shape index (κ1) is 9.05. The number of allylic oxidation sites excluding steroid dienone is 1. The van der Waals surface area contributed by atoms with Crippen molar-refractivity contribution in [2.45, 2.75) is 26.7 Å². The molecule has 1 aliphatic carbocycles. The van der Waals surface area contributed by atoms with Crippen molar-refractivity contribution in [1.29, 1.82) is 0 Å². The van der Waals surface area contributed by atoms with Crippen molar-refractivity contribution in [3.63, 3.8) is 0 Å². The van der Waals surface area contributed by atoms with Gasteiger partial charge in [-0.15, -0.1) is 0 Å². The first-order chi connectivity index (χ1) is 5.97. The van der Waals surface area contributed by atoms with E-state index in [1.165, 1.54) is 24.0 Å². The summed E-state index contributed by atoms with van der Waals surface area (Å²) in [5.41, 5.74) is 2.89. The molecule has 0 nitrogen and oxygen atoms in total. The first-order valence-corrected chi connectivity index (χ1v) is 4.71. The predicted octanol–water partition coefficient (Wildman–Crippen LogP) is 3.67. The van der Waals surface area contributed by atoms with Crippen molar-refractivity contribution in [3.05, 3.63) is 41.5 Å². The summed E-state index contributed by atoms with van der Waals surface area (Å²) in [6.45, 7) is 4.00. The summed E-state index contributed by atoms with van der Waals surface area (Å²) in [4.78, 5) is 0. The quantitative estimate of drug-likeness (QED) is 0.543. The molecule has 0 fully saturated rings. The summed E-state index contributed by atoms with van der Waals surface area (Å²) < 4.78 is 0. The lowest BCUT2D eigenvalue weighted by Crippen LogP contribution is -1.91. The van der Waals surface area contributed by atoms with Crippen molar-refractivity contribution in [2.75, 3.05) is 0 Å². The molecule has 0 saturated carbocycles. The SMILES string of the molecule is C1=Cc2ccccc2CC1.CC. The van der Waals surface area contributed by atoms with E-state index in [9.17, 15) is 0 Å². The van der Waals surface area contributed by atoms with Gasteiger partial charge in [0, 0.05) is 0 Å². The van der Waals surface area contributed by atoms with Gasteiger partial charge in [-0.1, -0.05) is 50.3 Å². The standard InChI is InChI=1S/C10H10.C2H6/c1-2-6-10-8-4-3-7-9(10)5-1;1-2/h1-3,5-7H,4,8H2;1-2H3. The maximum Gasteiger partial charge on any atom is -0.0228 e. The Balaban J connectivity index is 0.000000336. The second kappa shape index (κ2) is 4.76. The molecule has 0 aromatic heterocycles. The highest BCUT2D eigenvalue weighted by Gasteiger charge is 2.00. The molecule has 2 rings (SSSR count). The Bertz CT molecular complexity index is 258. The highest BCUT2D eigenvalue weighted by molar-refractivity contribution is 5.55. The third-order valence-electron chi connectivity index (χ3n) is 1.93. The average Bonchev–Trinajstić information content (AvgIpc) is 2.21. The first-order valence-electron chi connectivity index (χ1n) is 4.71. The molecular formula is C12H16. The van der Waals surface area contributed by atoms with Crippen LogP contribution in [0.4, 0.5) is 0 Å². The number of hydrogen-bond donors (Lipinski definition) is 0. The van der Waals surface area contributed by atoms with Gasteiger partial charge in [0.1, 0.15) is 0 Å². The Hall–Kier alpha value is -1.04. The highest BCUT2D eigenvalue weighted by Crippen LogP contribution is 2.17. The molecule has 0 N–H and O–H groups in total. The highest BCUT2D eigenvalue weighted by atomic mass is 14.1. The van der Waals surface area contributed by atoms with Gasteiger partial charge in [0.2, 0.25) is 0 Å². The molecule has 1 aromatic carbocycles. The second-order valence-corrected chi connectivity index (χ2v) is 2.64. The van der Waals surface area contributed by atoms with E-state index in [4.69, 9.17) is 0 Å². The molecule has 0 aliphatic heterocycles. The van der Waals surface area contributed by atoms with Crippen LogP contribution in [-0.2, 0) is 6.42 Å². The van der Waals surface area contributed by atoms with E-state index in [2.05, 4.69) is 36.4 Å². The molecule has 1 aromatic rings. The third-order valence-corrected chi connectivity index (χ3v) is 1.93. The van der Waals surface area contributed by atoms with E-state index >= 15 is 0 Å². The third kappa shape index (κ3) is 1.97. The van der Waals surface area contributed by atoms with Gasteiger partial charge in [-0.25, -0.2) is 0 Å². The van der Waals surface area contributed by atoms with E-state index in [1.54, 1.807) is 0 Å². The van der Waals surface area contributed by atoms with E-state index in [1.807, 2.05) is 13.8 Å². The van der Waals surface area contributed by atoms with Gasteiger partial charge >= 0.3 is 0 Å². The fraction of sp³-hybridized carbons (Fsp3) is 0.333. The summed E-state index contributed by atoms with van der Waals surface area (Å²) in [7, 11) is 0. The lowest BCUT2D eigenvalue weighted by Gasteiger charge is -2.07. The van der Waals surface area contributed by atoms with Crippen LogP contribution in [0.3, 0.4) is 0 Å². The number of hydrogen-bond acceptors (Lipinski definition) is 0. The number of fused-ring (bicyclic) bond motifs is 1. The van der Waals surface area contributed by atoms with Crippen molar-refractivity contribution in [2.24, 2.45) is 0 Å². The average molecular weight is 160 g/mol. The Kier molecular flexibility index (Phi) is 3.59. The summed E-state index contributed by atoms with van der Waals surface area (Å²) in [6, 6.07) is 8.58. The van der Waals surface area contributed by atoms with E-state index in [0.29, 0.717) is 0 Å². The van der Waals surface area contributed by atoms with Crippen molar-refractivity contribution < 1.29 is 0 Å². The molecule has 1 aliphatic rings. The van der Waals surface area contributed by atoms with Crippen molar-refractivity contribution in [3.8, 4) is 0 Å². The van der Waals surface area contributed by atoms with Crippen LogP contribution in [0.5, 0.6) is 0 Å². The van der Waals surface area contributed by atoms with Crippen LogP contribution >= 0.6 is 0 Å². The van der Waals surface area contributed by atoms with E-state index in [-0.39, 0.29) is 0 Å². The van der Waals surface area contributed by atoms with Gasteiger partial charge in [0.15, 0.2) is 0 Å². The molecule has 0 atom stereocenters. The molecule has 12 heavy (non-hydrogen) atoms. The molecule has 0 bridgehead atoms. The fourth-order valence-electron chi connectivity index (χ4n) is 1.37. The van der Waals surface area contributed by atoms with E-state index < -0.39 is 0 Å². The van der Waals surface area contributed by atoms with Gasteiger partial charge in [0.05, 0.1) is 0 Å². The van der Waals surface area contributed by atoms with Gasteiger partial charge in [-0.2, -0.15) is 0 Å². The van der Waals surface area contributed by atoms with Crippen LogP contribution in [0.1, 0.15) is 31.4 Å². The Morgan fingerprint density at radius 2 is 1.83 bits per heavy atom. The van der Waals surface area contributed by atoms with Crippen LogP contribution in [0, 0.1) is 0 Å². The summed E-state index contributed by atoms with van der Waals surface area (Å²) >= 11 is 0. The molecule has 64 valence electrons. The molecule has 0 radical (unpaired) electrons. The minimum atomic E-state index is 1.21. The number of rotatable bonds is 0.